The first-order chi connectivity index (χ1) is 9.76. The van der Waals surface area contributed by atoms with Crippen LogP contribution in [0.4, 0.5) is 0 Å². The zero-order valence-electron chi connectivity index (χ0n) is 12.6. The number of benzene rings is 1. The van der Waals surface area contributed by atoms with E-state index in [1.807, 2.05) is 0 Å². The molecule has 1 aromatic carbocycles. The van der Waals surface area contributed by atoms with Crippen molar-refractivity contribution in [2.24, 2.45) is 5.73 Å². The summed E-state index contributed by atoms with van der Waals surface area (Å²) in [6.07, 6.45) is 3.85. The first-order valence-electron chi connectivity index (χ1n) is 7.99. The van der Waals surface area contributed by atoms with E-state index in [-0.39, 0.29) is 0 Å². The van der Waals surface area contributed by atoms with E-state index in [4.69, 9.17) is 5.73 Å². The lowest BCUT2D eigenvalue weighted by atomic mass is 9.95. The predicted molar refractivity (Wildman–Crippen MR) is 84.2 cm³/mol. The van der Waals surface area contributed by atoms with Crippen LogP contribution in [-0.4, -0.2) is 56.1 Å². The molecule has 3 rings (SSSR count). The molecule has 20 heavy (non-hydrogen) atoms. The van der Waals surface area contributed by atoms with Crippen LogP contribution in [0, 0.1) is 0 Å². The Morgan fingerprint density at radius 1 is 1.10 bits per heavy atom. The molecule has 1 heterocycles. The number of nitrogens with two attached hydrogens (primary N) is 1. The Bertz CT molecular complexity index is 450. The normalized spacial score (nSPS) is 21.9. The topological polar surface area (TPSA) is 32.5 Å². The maximum absolute atomic E-state index is 6.06. The molecule has 110 valence electrons. The molecule has 0 bridgehead atoms. The fourth-order valence-electron chi connectivity index (χ4n) is 3.50. The Balaban J connectivity index is 1.67. The molecule has 0 radical (unpaired) electrons. The highest BCUT2D eigenvalue weighted by molar-refractivity contribution is 5.37. The largest absolute Gasteiger partial charge is 0.330 e. The Labute approximate surface area is 122 Å². The van der Waals surface area contributed by atoms with Crippen molar-refractivity contribution in [1.29, 1.82) is 0 Å². The predicted octanol–water partition coefficient (Wildman–Crippen LogP) is 1.47. The van der Waals surface area contributed by atoms with Crippen LogP contribution in [0.3, 0.4) is 0 Å². The molecule has 2 aliphatic rings. The average Bonchev–Trinajstić information content (AvgIpc) is 2.94. The SMILES string of the molecule is CN1CCN(CC(CN)c2ccc3c(c2)CCC3)CC1. The van der Waals surface area contributed by atoms with Crippen molar-refractivity contribution in [3.8, 4) is 0 Å². The van der Waals surface area contributed by atoms with Crippen LogP contribution in [0.1, 0.15) is 29.0 Å². The minimum absolute atomic E-state index is 0.490. The number of nitrogens with zero attached hydrogens (tertiary/aromatic N) is 2. The molecule has 0 saturated carbocycles. The van der Waals surface area contributed by atoms with Crippen LogP contribution in [0.5, 0.6) is 0 Å². The summed E-state index contributed by atoms with van der Waals surface area (Å²) in [5, 5.41) is 0. The van der Waals surface area contributed by atoms with Crippen molar-refractivity contribution in [2.75, 3.05) is 46.3 Å². The van der Waals surface area contributed by atoms with Gasteiger partial charge in [0.15, 0.2) is 0 Å². The van der Waals surface area contributed by atoms with E-state index in [2.05, 4.69) is 35.0 Å². The average molecular weight is 273 g/mol. The number of aryl methyl sites for hydroxylation is 2. The molecular weight excluding hydrogens is 246 g/mol. The maximum atomic E-state index is 6.06. The van der Waals surface area contributed by atoms with Gasteiger partial charge < -0.3 is 15.5 Å². The van der Waals surface area contributed by atoms with Gasteiger partial charge in [-0.15, -0.1) is 0 Å². The van der Waals surface area contributed by atoms with Crippen molar-refractivity contribution in [3.05, 3.63) is 34.9 Å². The zero-order chi connectivity index (χ0) is 13.9. The number of hydrogen-bond donors (Lipinski definition) is 1. The fraction of sp³-hybridized carbons (Fsp3) is 0.647. The summed E-state index contributed by atoms with van der Waals surface area (Å²) >= 11 is 0. The molecule has 2 N–H and O–H groups in total. The van der Waals surface area contributed by atoms with Gasteiger partial charge >= 0.3 is 0 Å². The first kappa shape index (κ1) is 14.1. The Morgan fingerprint density at radius 2 is 1.85 bits per heavy atom. The van der Waals surface area contributed by atoms with Crippen LogP contribution in [0.2, 0.25) is 0 Å². The van der Waals surface area contributed by atoms with Gasteiger partial charge in [0, 0.05) is 45.2 Å². The summed E-state index contributed by atoms with van der Waals surface area (Å²) in [6, 6.07) is 7.08. The third-order valence-corrected chi connectivity index (χ3v) is 4.95. The van der Waals surface area contributed by atoms with Crippen molar-refractivity contribution in [1.82, 2.24) is 9.80 Å². The Hall–Kier alpha value is -0.900. The number of hydrogen-bond acceptors (Lipinski definition) is 3. The summed E-state index contributed by atoms with van der Waals surface area (Å²) in [6.45, 7) is 6.59. The molecule has 1 aliphatic heterocycles. The molecule has 1 fully saturated rings. The van der Waals surface area contributed by atoms with E-state index in [1.165, 1.54) is 51.0 Å². The monoisotopic (exact) mass is 273 g/mol. The Kier molecular flexibility index (Phi) is 4.39. The molecule has 1 aliphatic carbocycles. The summed E-state index contributed by atoms with van der Waals surface area (Å²) in [5.74, 6) is 0.490. The van der Waals surface area contributed by atoms with Gasteiger partial charge in [-0.1, -0.05) is 18.2 Å². The first-order valence-corrected chi connectivity index (χ1v) is 7.99. The number of piperazine rings is 1. The molecular formula is C17H27N3. The lowest BCUT2D eigenvalue weighted by Crippen LogP contribution is -2.46. The van der Waals surface area contributed by atoms with Crippen LogP contribution in [-0.2, 0) is 12.8 Å². The minimum atomic E-state index is 0.490. The zero-order valence-corrected chi connectivity index (χ0v) is 12.6. The summed E-state index contributed by atoms with van der Waals surface area (Å²) in [5.41, 5.74) is 10.6. The fourth-order valence-corrected chi connectivity index (χ4v) is 3.50. The highest BCUT2D eigenvalue weighted by atomic mass is 15.2. The highest BCUT2D eigenvalue weighted by Gasteiger charge is 2.20. The van der Waals surface area contributed by atoms with Gasteiger partial charge in [0.05, 0.1) is 0 Å². The van der Waals surface area contributed by atoms with E-state index < -0.39 is 0 Å². The quantitative estimate of drug-likeness (QED) is 0.901. The van der Waals surface area contributed by atoms with Crippen LogP contribution in [0.15, 0.2) is 18.2 Å². The van der Waals surface area contributed by atoms with Gasteiger partial charge in [0.1, 0.15) is 0 Å². The van der Waals surface area contributed by atoms with Gasteiger partial charge in [-0.2, -0.15) is 0 Å². The molecule has 3 nitrogen and oxygen atoms in total. The van der Waals surface area contributed by atoms with E-state index in [1.54, 1.807) is 11.1 Å². The summed E-state index contributed by atoms with van der Waals surface area (Å²) in [4.78, 5) is 4.98. The van der Waals surface area contributed by atoms with Crippen LogP contribution in [0.25, 0.3) is 0 Å². The van der Waals surface area contributed by atoms with Crippen molar-refractivity contribution < 1.29 is 0 Å². The molecule has 1 saturated heterocycles. The second-order valence-corrected chi connectivity index (χ2v) is 6.42. The molecule has 0 amide bonds. The Morgan fingerprint density at radius 3 is 2.60 bits per heavy atom. The van der Waals surface area contributed by atoms with E-state index in [0.29, 0.717) is 5.92 Å². The van der Waals surface area contributed by atoms with Crippen molar-refractivity contribution >= 4 is 0 Å². The van der Waals surface area contributed by atoms with E-state index in [9.17, 15) is 0 Å². The van der Waals surface area contributed by atoms with Crippen LogP contribution >= 0.6 is 0 Å². The van der Waals surface area contributed by atoms with Gasteiger partial charge in [0.25, 0.3) is 0 Å². The highest BCUT2D eigenvalue weighted by Crippen LogP contribution is 2.26. The van der Waals surface area contributed by atoms with Gasteiger partial charge in [-0.05, 0) is 43.0 Å². The van der Waals surface area contributed by atoms with E-state index >= 15 is 0 Å². The number of rotatable bonds is 4. The number of likely N-dealkylation sites (N-methyl/N-ethyl adjacent to an activating group) is 1. The molecule has 0 aromatic heterocycles. The van der Waals surface area contributed by atoms with Crippen molar-refractivity contribution in [2.45, 2.75) is 25.2 Å². The molecule has 1 atom stereocenters. The maximum Gasteiger partial charge on any atom is 0.0110 e. The lowest BCUT2D eigenvalue weighted by Gasteiger charge is -2.34. The van der Waals surface area contributed by atoms with Crippen LogP contribution < -0.4 is 5.73 Å². The lowest BCUT2D eigenvalue weighted by molar-refractivity contribution is 0.147. The van der Waals surface area contributed by atoms with E-state index in [0.717, 1.165) is 13.1 Å². The molecule has 1 unspecified atom stereocenters. The van der Waals surface area contributed by atoms with Gasteiger partial charge in [0.2, 0.25) is 0 Å². The third kappa shape index (κ3) is 3.05. The summed E-state index contributed by atoms with van der Waals surface area (Å²) in [7, 11) is 2.21. The molecule has 1 aromatic rings. The molecule has 0 spiro atoms. The number of fused-ring (bicyclic) bond motifs is 1. The molecule has 3 heteroatoms. The minimum Gasteiger partial charge on any atom is -0.330 e. The second-order valence-electron chi connectivity index (χ2n) is 6.42. The second kappa shape index (κ2) is 6.25. The van der Waals surface area contributed by atoms with Crippen molar-refractivity contribution in [3.63, 3.8) is 0 Å². The van der Waals surface area contributed by atoms with Gasteiger partial charge in [-0.3, -0.25) is 0 Å². The van der Waals surface area contributed by atoms with Gasteiger partial charge in [-0.25, -0.2) is 0 Å². The standard InChI is InChI=1S/C17H27N3/c1-19-7-9-20(10-8-19)13-17(12-18)16-6-5-14-3-2-4-15(14)11-16/h5-6,11,17H,2-4,7-10,12-13,18H2,1H3. The third-order valence-electron chi connectivity index (χ3n) is 4.95. The smallest absolute Gasteiger partial charge is 0.0110 e. The summed E-state index contributed by atoms with van der Waals surface area (Å²) < 4.78 is 0.